The number of anilines is 1. The number of rotatable bonds is 2. The standard InChI is InChI=1S/C11H15NO2/c12-11-9(13)6-3-7-10(11)14-8-4-1-2-5-8/h3,6-8,13H,1-2,4-5,12H2. The fraction of sp³-hybridized carbons (Fsp3) is 0.455. The summed E-state index contributed by atoms with van der Waals surface area (Å²) in [5.74, 6) is 0.706. The van der Waals surface area contributed by atoms with Crippen LogP contribution in [0.3, 0.4) is 0 Å². The maximum atomic E-state index is 9.37. The van der Waals surface area contributed by atoms with Crippen molar-refractivity contribution in [3.05, 3.63) is 18.2 Å². The van der Waals surface area contributed by atoms with Crippen LogP contribution >= 0.6 is 0 Å². The molecule has 0 radical (unpaired) electrons. The van der Waals surface area contributed by atoms with Crippen LogP contribution in [0.15, 0.2) is 18.2 Å². The predicted octanol–water partition coefficient (Wildman–Crippen LogP) is 2.30. The van der Waals surface area contributed by atoms with E-state index >= 15 is 0 Å². The molecule has 0 heterocycles. The molecule has 1 aliphatic carbocycles. The van der Waals surface area contributed by atoms with Gasteiger partial charge in [-0.3, -0.25) is 0 Å². The predicted molar refractivity (Wildman–Crippen MR) is 55.4 cm³/mol. The van der Waals surface area contributed by atoms with Gasteiger partial charge in [-0.1, -0.05) is 6.07 Å². The normalized spacial score (nSPS) is 17.1. The summed E-state index contributed by atoms with van der Waals surface area (Å²) < 4.78 is 5.70. The second-order valence-corrected chi connectivity index (χ2v) is 3.71. The highest BCUT2D eigenvalue weighted by Crippen LogP contribution is 2.33. The number of nitrogen functional groups attached to an aromatic ring is 1. The Kier molecular flexibility index (Phi) is 2.48. The van der Waals surface area contributed by atoms with E-state index in [-0.39, 0.29) is 11.9 Å². The van der Waals surface area contributed by atoms with Crippen LogP contribution in [-0.4, -0.2) is 11.2 Å². The van der Waals surface area contributed by atoms with Gasteiger partial charge in [-0.05, 0) is 37.8 Å². The minimum absolute atomic E-state index is 0.0977. The van der Waals surface area contributed by atoms with Gasteiger partial charge in [0, 0.05) is 0 Å². The molecule has 1 saturated carbocycles. The lowest BCUT2D eigenvalue weighted by molar-refractivity contribution is 0.211. The topological polar surface area (TPSA) is 55.5 Å². The Balaban J connectivity index is 2.11. The molecule has 0 saturated heterocycles. The minimum atomic E-state index is 0.0977. The van der Waals surface area contributed by atoms with E-state index in [0.717, 1.165) is 12.8 Å². The van der Waals surface area contributed by atoms with Crippen molar-refractivity contribution in [3.8, 4) is 11.5 Å². The zero-order valence-corrected chi connectivity index (χ0v) is 8.07. The largest absolute Gasteiger partial charge is 0.506 e. The van der Waals surface area contributed by atoms with Crippen molar-refractivity contribution in [1.29, 1.82) is 0 Å². The van der Waals surface area contributed by atoms with Crippen LogP contribution in [0.4, 0.5) is 5.69 Å². The molecule has 1 aromatic carbocycles. The molecule has 0 aliphatic heterocycles. The molecule has 3 heteroatoms. The maximum Gasteiger partial charge on any atom is 0.146 e. The quantitative estimate of drug-likeness (QED) is 0.559. The van der Waals surface area contributed by atoms with Crippen LogP contribution in [0.25, 0.3) is 0 Å². The van der Waals surface area contributed by atoms with E-state index in [1.54, 1.807) is 18.2 Å². The highest BCUT2D eigenvalue weighted by atomic mass is 16.5. The minimum Gasteiger partial charge on any atom is -0.506 e. The molecule has 0 bridgehead atoms. The van der Waals surface area contributed by atoms with Crippen molar-refractivity contribution in [2.24, 2.45) is 0 Å². The Labute approximate surface area is 83.5 Å². The first-order chi connectivity index (χ1) is 6.77. The first-order valence-electron chi connectivity index (χ1n) is 5.01. The molecule has 1 aromatic rings. The summed E-state index contributed by atoms with van der Waals surface area (Å²) in [6.07, 6.45) is 4.91. The van der Waals surface area contributed by atoms with Gasteiger partial charge in [-0.15, -0.1) is 0 Å². The molecule has 1 fully saturated rings. The molecule has 3 nitrogen and oxygen atoms in total. The van der Waals surface area contributed by atoms with Gasteiger partial charge in [-0.25, -0.2) is 0 Å². The van der Waals surface area contributed by atoms with E-state index in [0.29, 0.717) is 11.4 Å². The monoisotopic (exact) mass is 193 g/mol. The number of benzene rings is 1. The summed E-state index contributed by atoms with van der Waals surface area (Å²) in [5.41, 5.74) is 6.03. The number of para-hydroxylation sites is 1. The summed E-state index contributed by atoms with van der Waals surface area (Å²) in [6, 6.07) is 5.11. The van der Waals surface area contributed by atoms with Crippen molar-refractivity contribution in [1.82, 2.24) is 0 Å². The zero-order chi connectivity index (χ0) is 9.97. The van der Waals surface area contributed by atoms with Gasteiger partial charge in [0.25, 0.3) is 0 Å². The van der Waals surface area contributed by atoms with Gasteiger partial charge in [0.2, 0.25) is 0 Å². The number of nitrogens with two attached hydrogens (primary N) is 1. The van der Waals surface area contributed by atoms with E-state index in [1.165, 1.54) is 12.8 Å². The van der Waals surface area contributed by atoms with Gasteiger partial charge in [-0.2, -0.15) is 0 Å². The number of hydrogen-bond donors (Lipinski definition) is 2. The lowest BCUT2D eigenvalue weighted by Crippen LogP contribution is -2.11. The van der Waals surface area contributed by atoms with Crippen LogP contribution in [-0.2, 0) is 0 Å². The third-order valence-electron chi connectivity index (χ3n) is 2.64. The molecule has 3 N–H and O–H groups in total. The smallest absolute Gasteiger partial charge is 0.146 e. The van der Waals surface area contributed by atoms with Crippen molar-refractivity contribution in [2.75, 3.05) is 5.73 Å². The average molecular weight is 193 g/mol. The number of aromatic hydroxyl groups is 1. The first-order valence-corrected chi connectivity index (χ1v) is 5.01. The van der Waals surface area contributed by atoms with Crippen molar-refractivity contribution in [2.45, 2.75) is 31.8 Å². The third kappa shape index (κ3) is 1.76. The maximum absolute atomic E-state index is 9.37. The van der Waals surface area contributed by atoms with Gasteiger partial charge in [0.1, 0.15) is 17.2 Å². The Morgan fingerprint density at radius 2 is 2.00 bits per heavy atom. The van der Waals surface area contributed by atoms with Gasteiger partial charge >= 0.3 is 0 Å². The molecule has 0 spiro atoms. The second kappa shape index (κ2) is 3.78. The molecule has 1 aliphatic rings. The van der Waals surface area contributed by atoms with E-state index in [9.17, 15) is 5.11 Å². The molecule has 0 amide bonds. The number of ether oxygens (including phenoxy) is 1. The molecule has 0 unspecified atom stereocenters. The summed E-state index contributed by atoms with van der Waals surface area (Å²) in [5, 5.41) is 9.37. The molecule has 0 aromatic heterocycles. The van der Waals surface area contributed by atoms with E-state index < -0.39 is 0 Å². The SMILES string of the molecule is Nc1c(O)cccc1OC1CCCC1. The van der Waals surface area contributed by atoms with Gasteiger partial charge in [0.05, 0.1) is 6.10 Å². The fourth-order valence-corrected chi connectivity index (χ4v) is 1.82. The van der Waals surface area contributed by atoms with Crippen LogP contribution < -0.4 is 10.5 Å². The Morgan fingerprint density at radius 3 is 2.71 bits per heavy atom. The molecule has 0 atom stereocenters. The lowest BCUT2D eigenvalue weighted by atomic mass is 10.2. The first kappa shape index (κ1) is 9.19. The van der Waals surface area contributed by atoms with Crippen LogP contribution in [0.5, 0.6) is 11.5 Å². The molecular formula is C11H15NO2. The van der Waals surface area contributed by atoms with E-state index in [1.807, 2.05) is 0 Å². The van der Waals surface area contributed by atoms with Gasteiger partial charge in [0.15, 0.2) is 0 Å². The zero-order valence-electron chi connectivity index (χ0n) is 8.07. The highest BCUT2D eigenvalue weighted by Gasteiger charge is 2.17. The number of phenolic OH excluding ortho intramolecular Hbond substituents is 1. The molecule has 76 valence electrons. The molecule has 14 heavy (non-hydrogen) atoms. The van der Waals surface area contributed by atoms with Crippen molar-refractivity contribution in [3.63, 3.8) is 0 Å². The van der Waals surface area contributed by atoms with Crippen LogP contribution in [0.2, 0.25) is 0 Å². The van der Waals surface area contributed by atoms with Crippen molar-refractivity contribution < 1.29 is 9.84 Å². The summed E-state index contributed by atoms with van der Waals surface area (Å²) in [6.45, 7) is 0. The summed E-state index contributed by atoms with van der Waals surface area (Å²) >= 11 is 0. The third-order valence-corrected chi connectivity index (χ3v) is 2.64. The van der Waals surface area contributed by atoms with Gasteiger partial charge < -0.3 is 15.6 Å². The Morgan fingerprint density at radius 1 is 1.29 bits per heavy atom. The molecular weight excluding hydrogens is 178 g/mol. The highest BCUT2D eigenvalue weighted by molar-refractivity contribution is 5.61. The van der Waals surface area contributed by atoms with E-state index in [4.69, 9.17) is 10.5 Å². The van der Waals surface area contributed by atoms with Crippen LogP contribution in [0, 0.1) is 0 Å². The summed E-state index contributed by atoms with van der Waals surface area (Å²) in [7, 11) is 0. The fourth-order valence-electron chi connectivity index (χ4n) is 1.82. The number of hydrogen-bond acceptors (Lipinski definition) is 3. The Bertz CT molecular complexity index is 319. The molecule has 2 rings (SSSR count). The Hall–Kier alpha value is -1.38. The average Bonchev–Trinajstić information content (AvgIpc) is 2.66. The lowest BCUT2D eigenvalue weighted by Gasteiger charge is -2.14. The van der Waals surface area contributed by atoms with Crippen LogP contribution in [0.1, 0.15) is 25.7 Å². The second-order valence-electron chi connectivity index (χ2n) is 3.71. The van der Waals surface area contributed by atoms with E-state index in [2.05, 4.69) is 0 Å². The summed E-state index contributed by atoms with van der Waals surface area (Å²) in [4.78, 5) is 0. The van der Waals surface area contributed by atoms with Crippen molar-refractivity contribution >= 4 is 5.69 Å². The number of phenols is 1.